The zero-order valence-electron chi connectivity index (χ0n) is 10.2. The van der Waals surface area contributed by atoms with Gasteiger partial charge in [0.2, 0.25) is 0 Å². The molecule has 1 unspecified atom stereocenters. The first-order chi connectivity index (χ1) is 8.31. The average molecular weight is 230 g/mol. The van der Waals surface area contributed by atoms with Crippen molar-refractivity contribution < 1.29 is 0 Å². The van der Waals surface area contributed by atoms with Crippen molar-refractivity contribution in [3.63, 3.8) is 0 Å². The van der Waals surface area contributed by atoms with Crippen molar-refractivity contribution in [2.75, 3.05) is 25.0 Å². The first-order valence-corrected chi connectivity index (χ1v) is 6.17. The fourth-order valence-electron chi connectivity index (χ4n) is 2.25. The van der Waals surface area contributed by atoms with Crippen LogP contribution in [0.4, 0.5) is 5.82 Å². The molecule has 2 heterocycles. The highest BCUT2D eigenvalue weighted by Crippen LogP contribution is 2.15. The lowest BCUT2D eigenvalue weighted by Crippen LogP contribution is -2.41. The Morgan fingerprint density at radius 2 is 2.53 bits per heavy atom. The monoisotopic (exact) mass is 230 g/mol. The van der Waals surface area contributed by atoms with Crippen molar-refractivity contribution in [2.45, 2.75) is 25.8 Å². The zero-order valence-corrected chi connectivity index (χ0v) is 10.2. The molecular weight excluding hydrogens is 212 g/mol. The van der Waals surface area contributed by atoms with E-state index in [-0.39, 0.29) is 0 Å². The van der Waals surface area contributed by atoms with E-state index in [1.54, 1.807) is 12.3 Å². The van der Waals surface area contributed by atoms with E-state index in [9.17, 15) is 0 Å². The number of hydrogen-bond donors (Lipinski definition) is 1. The number of nitrogens with one attached hydrogen (secondary N) is 1. The van der Waals surface area contributed by atoms with Gasteiger partial charge in [-0.15, -0.1) is 0 Å². The van der Waals surface area contributed by atoms with Gasteiger partial charge < -0.3 is 10.2 Å². The van der Waals surface area contributed by atoms with E-state index in [4.69, 9.17) is 5.26 Å². The first kappa shape index (κ1) is 11.9. The van der Waals surface area contributed by atoms with Gasteiger partial charge in [-0.25, -0.2) is 4.98 Å². The number of nitriles is 1. The summed E-state index contributed by atoms with van der Waals surface area (Å²) < 4.78 is 0. The summed E-state index contributed by atoms with van der Waals surface area (Å²) in [5.41, 5.74) is 0.658. The molecule has 4 heteroatoms. The fourth-order valence-corrected chi connectivity index (χ4v) is 2.25. The Balaban J connectivity index is 1.98. The molecule has 1 aromatic heterocycles. The SMILES string of the molecule is CCN1CCCC(Nc2cc(C#N)ccn2)C1. The maximum Gasteiger partial charge on any atom is 0.127 e. The molecule has 1 atom stereocenters. The Labute approximate surface area is 102 Å². The molecule has 0 saturated carbocycles. The standard InChI is InChI=1S/C13H18N4/c1-2-17-7-3-4-12(10-17)16-13-8-11(9-14)5-6-15-13/h5-6,8,12H,2-4,7,10H2,1H3,(H,15,16). The van der Waals surface area contributed by atoms with Crippen LogP contribution in [-0.4, -0.2) is 35.6 Å². The third-order valence-electron chi connectivity index (χ3n) is 3.19. The van der Waals surface area contributed by atoms with Crippen molar-refractivity contribution in [3.05, 3.63) is 23.9 Å². The van der Waals surface area contributed by atoms with Gasteiger partial charge in [-0.1, -0.05) is 6.92 Å². The van der Waals surface area contributed by atoms with Gasteiger partial charge in [-0.3, -0.25) is 0 Å². The molecule has 1 aliphatic heterocycles. The van der Waals surface area contributed by atoms with E-state index in [2.05, 4.69) is 28.2 Å². The summed E-state index contributed by atoms with van der Waals surface area (Å²) in [5.74, 6) is 0.812. The Hall–Kier alpha value is -1.60. The summed E-state index contributed by atoms with van der Waals surface area (Å²) in [7, 11) is 0. The third kappa shape index (κ3) is 3.18. The molecule has 1 N–H and O–H groups in total. The zero-order chi connectivity index (χ0) is 12.1. The predicted molar refractivity (Wildman–Crippen MR) is 67.7 cm³/mol. The molecule has 0 spiro atoms. The molecule has 0 aliphatic carbocycles. The molecule has 1 fully saturated rings. The molecule has 0 amide bonds. The summed E-state index contributed by atoms with van der Waals surface area (Å²) in [5, 5.41) is 12.3. The van der Waals surface area contributed by atoms with Crippen LogP contribution in [-0.2, 0) is 0 Å². The summed E-state index contributed by atoms with van der Waals surface area (Å²) >= 11 is 0. The lowest BCUT2D eigenvalue weighted by molar-refractivity contribution is 0.226. The third-order valence-corrected chi connectivity index (χ3v) is 3.19. The van der Waals surface area contributed by atoms with E-state index in [1.165, 1.54) is 19.4 Å². The van der Waals surface area contributed by atoms with Crippen LogP contribution in [0, 0.1) is 11.3 Å². The Kier molecular flexibility index (Phi) is 3.94. The van der Waals surface area contributed by atoms with E-state index >= 15 is 0 Å². The highest BCUT2D eigenvalue weighted by atomic mass is 15.2. The number of likely N-dealkylation sites (N-methyl/N-ethyl adjacent to an activating group) is 1. The molecule has 1 saturated heterocycles. The molecule has 1 aliphatic rings. The quantitative estimate of drug-likeness (QED) is 0.861. The van der Waals surface area contributed by atoms with Gasteiger partial charge in [0.15, 0.2) is 0 Å². The minimum absolute atomic E-state index is 0.449. The normalized spacial score (nSPS) is 20.8. The van der Waals surface area contributed by atoms with Gasteiger partial charge in [0.1, 0.15) is 5.82 Å². The van der Waals surface area contributed by atoms with E-state index in [0.29, 0.717) is 11.6 Å². The summed E-state index contributed by atoms with van der Waals surface area (Å²) in [4.78, 5) is 6.69. The van der Waals surface area contributed by atoms with Gasteiger partial charge in [-0.2, -0.15) is 5.26 Å². The van der Waals surface area contributed by atoms with Crippen LogP contribution in [0.5, 0.6) is 0 Å². The number of aromatic nitrogens is 1. The Morgan fingerprint density at radius 3 is 3.29 bits per heavy atom. The van der Waals surface area contributed by atoms with Crippen molar-refractivity contribution in [2.24, 2.45) is 0 Å². The maximum absolute atomic E-state index is 8.83. The molecule has 90 valence electrons. The van der Waals surface area contributed by atoms with Crippen LogP contribution < -0.4 is 5.32 Å². The number of anilines is 1. The fraction of sp³-hybridized carbons (Fsp3) is 0.538. The van der Waals surface area contributed by atoms with Crippen molar-refractivity contribution in [1.82, 2.24) is 9.88 Å². The topological polar surface area (TPSA) is 52.0 Å². The lowest BCUT2D eigenvalue weighted by atomic mass is 10.1. The number of rotatable bonds is 3. The first-order valence-electron chi connectivity index (χ1n) is 6.17. The summed E-state index contributed by atoms with van der Waals surface area (Å²) in [6.45, 7) is 5.55. The number of nitrogens with zero attached hydrogens (tertiary/aromatic N) is 3. The van der Waals surface area contributed by atoms with Gasteiger partial charge in [-0.05, 0) is 38.1 Å². The molecule has 2 rings (SSSR count). The molecule has 0 radical (unpaired) electrons. The van der Waals surface area contributed by atoms with Crippen molar-refractivity contribution >= 4 is 5.82 Å². The van der Waals surface area contributed by atoms with E-state index in [1.807, 2.05) is 6.07 Å². The average Bonchev–Trinajstić information content (AvgIpc) is 2.39. The highest BCUT2D eigenvalue weighted by molar-refractivity contribution is 5.43. The van der Waals surface area contributed by atoms with Crippen molar-refractivity contribution in [3.8, 4) is 6.07 Å². The molecule has 1 aromatic rings. The van der Waals surface area contributed by atoms with Gasteiger partial charge in [0.05, 0.1) is 11.6 Å². The second-order valence-corrected chi connectivity index (χ2v) is 4.42. The van der Waals surface area contributed by atoms with E-state index in [0.717, 1.165) is 18.9 Å². The Morgan fingerprint density at radius 1 is 1.65 bits per heavy atom. The number of pyridine rings is 1. The largest absolute Gasteiger partial charge is 0.366 e. The second kappa shape index (κ2) is 5.65. The van der Waals surface area contributed by atoms with Gasteiger partial charge in [0.25, 0.3) is 0 Å². The van der Waals surface area contributed by atoms with Gasteiger partial charge in [0, 0.05) is 18.8 Å². The molecular formula is C13H18N4. The molecule has 17 heavy (non-hydrogen) atoms. The molecule has 0 aromatic carbocycles. The Bertz CT molecular complexity index is 410. The minimum Gasteiger partial charge on any atom is -0.366 e. The van der Waals surface area contributed by atoms with Crippen LogP contribution in [0.3, 0.4) is 0 Å². The highest BCUT2D eigenvalue weighted by Gasteiger charge is 2.18. The van der Waals surface area contributed by atoms with Crippen LogP contribution in [0.25, 0.3) is 0 Å². The predicted octanol–water partition coefficient (Wildman–Crippen LogP) is 1.85. The number of piperidine rings is 1. The van der Waals surface area contributed by atoms with Crippen LogP contribution in [0.15, 0.2) is 18.3 Å². The minimum atomic E-state index is 0.449. The van der Waals surface area contributed by atoms with Crippen LogP contribution in [0.1, 0.15) is 25.3 Å². The summed E-state index contributed by atoms with van der Waals surface area (Å²) in [6.07, 6.45) is 4.08. The molecule has 4 nitrogen and oxygen atoms in total. The van der Waals surface area contributed by atoms with Gasteiger partial charge >= 0.3 is 0 Å². The van der Waals surface area contributed by atoms with Crippen LogP contribution in [0.2, 0.25) is 0 Å². The molecule has 0 bridgehead atoms. The smallest absolute Gasteiger partial charge is 0.127 e. The maximum atomic E-state index is 8.83. The van der Waals surface area contributed by atoms with E-state index < -0.39 is 0 Å². The second-order valence-electron chi connectivity index (χ2n) is 4.42. The number of hydrogen-bond acceptors (Lipinski definition) is 4. The number of likely N-dealkylation sites (tertiary alicyclic amines) is 1. The van der Waals surface area contributed by atoms with Crippen LogP contribution >= 0.6 is 0 Å². The summed E-state index contributed by atoms with van der Waals surface area (Å²) in [6, 6.07) is 6.12. The lowest BCUT2D eigenvalue weighted by Gasteiger charge is -2.32. The van der Waals surface area contributed by atoms with Crippen molar-refractivity contribution in [1.29, 1.82) is 5.26 Å².